The maximum absolute atomic E-state index is 12.7. The number of alkyl halides is 2. The fourth-order valence-corrected chi connectivity index (χ4v) is 2.16. The molecule has 18 heavy (non-hydrogen) atoms. The van der Waals surface area contributed by atoms with E-state index in [1.807, 2.05) is 0 Å². The van der Waals surface area contributed by atoms with Crippen molar-refractivity contribution in [3.05, 3.63) is 11.8 Å². The lowest BCUT2D eigenvalue weighted by atomic mass is 10.2. The quantitative estimate of drug-likeness (QED) is 0.880. The van der Waals surface area contributed by atoms with Crippen molar-refractivity contribution in [1.29, 1.82) is 0 Å². The van der Waals surface area contributed by atoms with Crippen molar-refractivity contribution in [3.8, 4) is 0 Å². The Labute approximate surface area is 104 Å². The summed E-state index contributed by atoms with van der Waals surface area (Å²) in [7, 11) is 0. The van der Waals surface area contributed by atoms with Crippen LogP contribution in [-0.4, -0.2) is 33.7 Å². The lowest BCUT2D eigenvalue weighted by Gasteiger charge is -2.20. The highest BCUT2D eigenvalue weighted by molar-refractivity contribution is 5.93. The molecule has 2 heterocycles. The number of hydrogen-bond acceptors (Lipinski definition) is 3. The van der Waals surface area contributed by atoms with Gasteiger partial charge in [-0.2, -0.15) is 13.5 Å². The van der Waals surface area contributed by atoms with E-state index in [1.165, 1.54) is 6.07 Å². The summed E-state index contributed by atoms with van der Waals surface area (Å²) < 4.78 is 25.8. The molecular formula is C11H16F2N4O. The second-order valence-corrected chi connectivity index (χ2v) is 4.38. The van der Waals surface area contributed by atoms with Gasteiger partial charge in [-0.05, 0) is 12.8 Å². The number of rotatable bonds is 2. The number of nitrogens with zero attached hydrogens (tertiary/aromatic N) is 3. The molecule has 2 rings (SSSR count). The molecule has 0 aliphatic carbocycles. The number of halogens is 2. The highest BCUT2D eigenvalue weighted by Gasteiger charge is 2.24. The van der Waals surface area contributed by atoms with Gasteiger partial charge in [0.15, 0.2) is 0 Å². The van der Waals surface area contributed by atoms with Crippen LogP contribution in [0, 0.1) is 0 Å². The highest BCUT2D eigenvalue weighted by Crippen LogP contribution is 2.19. The van der Waals surface area contributed by atoms with Gasteiger partial charge >= 0.3 is 6.55 Å². The number of nitrogens with two attached hydrogens (primary N) is 1. The van der Waals surface area contributed by atoms with Gasteiger partial charge in [-0.3, -0.25) is 4.79 Å². The minimum Gasteiger partial charge on any atom is -0.382 e. The number of nitrogen functional groups attached to an aromatic ring is 1. The summed E-state index contributed by atoms with van der Waals surface area (Å²) in [5.41, 5.74) is 5.24. The van der Waals surface area contributed by atoms with Crippen molar-refractivity contribution < 1.29 is 13.6 Å². The second kappa shape index (κ2) is 5.32. The Morgan fingerprint density at radius 2 is 1.89 bits per heavy atom. The summed E-state index contributed by atoms with van der Waals surface area (Å²) in [6.45, 7) is -1.64. The molecule has 1 saturated heterocycles. The van der Waals surface area contributed by atoms with E-state index in [9.17, 15) is 13.6 Å². The first kappa shape index (κ1) is 12.8. The zero-order valence-corrected chi connectivity index (χ0v) is 9.98. The van der Waals surface area contributed by atoms with Gasteiger partial charge in [-0.1, -0.05) is 12.8 Å². The lowest BCUT2D eigenvalue weighted by molar-refractivity contribution is 0.0468. The van der Waals surface area contributed by atoms with Crippen LogP contribution in [0.3, 0.4) is 0 Å². The van der Waals surface area contributed by atoms with Crippen molar-refractivity contribution in [1.82, 2.24) is 14.7 Å². The zero-order chi connectivity index (χ0) is 13.1. The molecule has 0 aromatic carbocycles. The summed E-state index contributed by atoms with van der Waals surface area (Å²) in [6, 6.07) is 1.21. The number of aromatic nitrogens is 2. The van der Waals surface area contributed by atoms with Crippen LogP contribution in [0.15, 0.2) is 6.07 Å². The number of hydrogen-bond donors (Lipinski definition) is 1. The van der Waals surface area contributed by atoms with Gasteiger partial charge in [0.1, 0.15) is 11.5 Å². The Morgan fingerprint density at radius 1 is 1.28 bits per heavy atom. The van der Waals surface area contributed by atoms with Gasteiger partial charge in [0.05, 0.1) is 0 Å². The minimum absolute atomic E-state index is 0.0616. The Balaban J connectivity index is 2.21. The molecular weight excluding hydrogens is 242 g/mol. The maximum Gasteiger partial charge on any atom is 0.334 e. The molecule has 2 N–H and O–H groups in total. The summed E-state index contributed by atoms with van der Waals surface area (Å²) in [5, 5.41) is 3.45. The van der Waals surface area contributed by atoms with Crippen LogP contribution in [-0.2, 0) is 0 Å². The monoisotopic (exact) mass is 258 g/mol. The molecule has 1 aromatic heterocycles. The Bertz CT molecular complexity index is 425. The molecule has 0 spiro atoms. The van der Waals surface area contributed by atoms with E-state index in [2.05, 4.69) is 5.10 Å². The molecule has 0 bridgehead atoms. The predicted octanol–water partition coefficient (Wildman–Crippen LogP) is 1.88. The fourth-order valence-electron chi connectivity index (χ4n) is 2.16. The number of amides is 1. The van der Waals surface area contributed by atoms with E-state index < -0.39 is 12.5 Å². The van der Waals surface area contributed by atoms with Crippen LogP contribution in [0.1, 0.15) is 42.7 Å². The van der Waals surface area contributed by atoms with Crippen LogP contribution in [0.5, 0.6) is 0 Å². The van der Waals surface area contributed by atoms with Gasteiger partial charge in [-0.15, -0.1) is 5.10 Å². The first-order valence-corrected chi connectivity index (χ1v) is 6.02. The molecule has 5 nitrogen and oxygen atoms in total. The van der Waals surface area contributed by atoms with Crippen molar-refractivity contribution in [2.45, 2.75) is 32.2 Å². The molecule has 100 valence electrons. The number of carbonyl (C=O) groups is 1. The van der Waals surface area contributed by atoms with Crippen LogP contribution in [0.25, 0.3) is 0 Å². The first-order valence-electron chi connectivity index (χ1n) is 6.02. The summed E-state index contributed by atoms with van der Waals surface area (Å²) in [6.07, 6.45) is 3.95. The van der Waals surface area contributed by atoms with Gasteiger partial charge < -0.3 is 10.6 Å². The van der Waals surface area contributed by atoms with Crippen LogP contribution < -0.4 is 5.73 Å². The zero-order valence-electron chi connectivity index (χ0n) is 9.98. The molecule has 0 radical (unpaired) electrons. The molecule has 7 heteroatoms. The average molecular weight is 258 g/mol. The topological polar surface area (TPSA) is 64.2 Å². The third-order valence-electron chi connectivity index (χ3n) is 3.05. The summed E-state index contributed by atoms with van der Waals surface area (Å²) in [4.78, 5) is 13.8. The maximum atomic E-state index is 12.7. The number of likely N-dealkylation sites (tertiary alicyclic amines) is 1. The van der Waals surface area contributed by atoms with E-state index >= 15 is 0 Å². The number of anilines is 1. The van der Waals surface area contributed by atoms with Gasteiger partial charge in [0, 0.05) is 19.2 Å². The van der Waals surface area contributed by atoms with Gasteiger partial charge in [0.25, 0.3) is 5.91 Å². The van der Waals surface area contributed by atoms with Crippen molar-refractivity contribution >= 4 is 11.7 Å². The molecule has 1 aliphatic heterocycles. The molecule has 1 amide bonds. The second-order valence-electron chi connectivity index (χ2n) is 4.38. The average Bonchev–Trinajstić information content (AvgIpc) is 2.56. The molecule has 1 aromatic rings. The van der Waals surface area contributed by atoms with Crippen LogP contribution in [0.2, 0.25) is 0 Å². The summed E-state index contributed by atoms with van der Waals surface area (Å²) in [5.74, 6) is -0.477. The normalized spacial score (nSPS) is 16.9. The van der Waals surface area contributed by atoms with Crippen LogP contribution in [0.4, 0.5) is 14.6 Å². The molecule has 0 atom stereocenters. The SMILES string of the molecule is Nc1cc(C(=O)N2CCCCCC2)n(C(F)F)n1. The Morgan fingerprint density at radius 3 is 2.44 bits per heavy atom. The van der Waals surface area contributed by atoms with Gasteiger partial charge in [-0.25, -0.2) is 0 Å². The Kier molecular flexibility index (Phi) is 3.78. The first-order chi connectivity index (χ1) is 8.59. The van der Waals surface area contributed by atoms with Crippen molar-refractivity contribution in [2.24, 2.45) is 0 Å². The minimum atomic E-state index is -2.85. The van der Waals surface area contributed by atoms with E-state index in [0.29, 0.717) is 17.8 Å². The molecule has 0 saturated carbocycles. The Hall–Kier alpha value is -1.66. The molecule has 0 unspecified atom stereocenters. The molecule has 1 fully saturated rings. The standard InChI is InChI=1S/C11H16F2N4O/c12-11(13)17-8(7-9(14)15-17)10(18)16-5-3-1-2-4-6-16/h7,11H,1-6H2,(H2,14,15). The van der Waals surface area contributed by atoms with Gasteiger partial charge in [0.2, 0.25) is 0 Å². The van der Waals surface area contributed by atoms with Crippen LogP contribution >= 0.6 is 0 Å². The third-order valence-corrected chi connectivity index (χ3v) is 3.05. The largest absolute Gasteiger partial charge is 0.382 e. The van der Waals surface area contributed by atoms with E-state index in [1.54, 1.807) is 4.90 Å². The summed E-state index contributed by atoms with van der Waals surface area (Å²) >= 11 is 0. The van der Waals surface area contributed by atoms with Crippen molar-refractivity contribution in [3.63, 3.8) is 0 Å². The number of carbonyl (C=O) groups excluding carboxylic acids is 1. The third kappa shape index (κ3) is 2.60. The molecule has 1 aliphatic rings. The smallest absolute Gasteiger partial charge is 0.334 e. The van der Waals surface area contributed by atoms with E-state index in [0.717, 1.165) is 25.7 Å². The van der Waals surface area contributed by atoms with Crippen molar-refractivity contribution in [2.75, 3.05) is 18.8 Å². The van der Waals surface area contributed by atoms with E-state index in [-0.39, 0.29) is 11.5 Å². The lowest BCUT2D eigenvalue weighted by Crippen LogP contribution is -2.33. The van der Waals surface area contributed by atoms with E-state index in [4.69, 9.17) is 5.73 Å². The highest BCUT2D eigenvalue weighted by atomic mass is 19.3. The predicted molar refractivity (Wildman–Crippen MR) is 62.3 cm³/mol. The fraction of sp³-hybridized carbons (Fsp3) is 0.636.